The van der Waals surface area contributed by atoms with Crippen molar-refractivity contribution in [3.8, 4) is 5.75 Å². The molecule has 1 aromatic rings. The molecule has 0 amide bonds. The third-order valence-corrected chi connectivity index (χ3v) is 4.92. The molecule has 4 heteroatoms. The van der Waals surface area contributed by atoms with Crippen LogP contribution in [0.4, 0.5) is 0 Å². The Kier molecular flexibility index (Phi) is 3.84. The van der Waals surface area contributed by atoms with Crippen LogP contribution in [0.5, 0.6) is 5.75 Å². The predicted octanol–water partition coefficient (Wildman–Crippen LogP) is 2.10. The Morgan fingerprint density at radius 1 is 1.53 bits per heavy atom. The molecular weight excluding hydrogens is 234 g/mol. The van der Waals surface area contributed by atoms with E-state index < -0.39 is 10.8 Å². The number of rotatable bonds is 3. The van der Waals surface area contributed by atoms with E-state index >= 15 is 0 Å². The summed E-state index contributed by atoms with van der Waals surface area (Å²) in [6.45, 7) is 5.16. The van der Waals surface area contributed by atoms with Crippen molar-refractivity contribution >= 4 is 10.8 Å². The van der Waals surface area contributed by atoms with Crippen LogP contribution >= 0.6 is 0 Å². The second kappa shape index (κ2) is 5.19. The van der Waals surface area contributed by atoms with E-state index in [1.54, 1.807) is 7.11 Å². The number of methoxy groups -OCH3 is 1. The zero-order valence-electron chi connectivity index (χ0n) is 10.5. The van der Waals surface area contributed by atoms with E-state index in [2.05, 4.69) is 25.2 Å². The lowest BCUT2D eigenvalue weighted by molar-refractivity contribution is 0.381. The van der Waals surface area contributed by atoms with Gasteiger partial charge in [-0.2, -0.15) is 0 Å². The Hall–Kier alpha value is -0.870. The quantitative estimate of drug-likeness (QED) is 0.896. The van der Waals surface area contributed by atoms with Crippen LogP contribution in [0.1, 0.15) is 25.5 Å². The van der Waals surface area contributed by atoms with E-state index in [1.165, 1.54) is 0 Å². The van der Waals surface area contributed by atoms with Crippen molar-refractivity contribution < 1.29 is 8.95 Å². The normalized spacial score (nSPS) is 27.6. The zero-order chi connectivity index (χ0) is 12.4. The molecule has 0 aromatic heterocycles. The molecule has 1 heterocycles. The first-order chi connectivity index (χ1) is 8.19. The van der Waals surface area contributed by atoms with Gasteiger partial charge in [0, 0.05) is 11.8 Å². The van der Waals surface area contributed by atoms with E-state index in [1.807, 2.05) is 12.1 Å². The first kappa shape index (κ1) is 12.6. The summed E-state index contributed by atoms with van der Waals surface area (Å²) in [5.74, 6) is 1.83. The summed E-state index contributed by atoms with van der Waals surface area (Å²) < 4.78 is 17.6. The summed E-state index contributed by atoms with van der Waals surface area (Å²) in [6.07, 6.45) is 0. The summed E-state index contributed by atoms with van der Waals surface area (Å²) in [4.78, 5) is 0.874. The highest BCUT2D eigenvalue weighted by atomic mass is 32.2. The monoisotopic (exact) mass is 253 g/mol. The minimum absolute atomic E-state index is 0.280. The average molecular weight is 253 g/mol. The van der Waals surface area contributed by atoms with Gasteiger partial charge in [-0.1, -0.05) is 26.0 Å². The SMILES string of the molecule is CCNC1c2cccc(OC)c2S(=O)CC1C. The van der Waals surface area contributed by atoms with E-state index in [4.69, 9.17) is 4.74 Å². The second-order valence-corrected chi connectivity index (χ2v) is 5.84. The van der Waals surface area contributed by atoms with E-state index in [9.17, 15) is 4.21 Å². The van der Waals surface area contributed by atoms with Gasteiger partial charge >= 0.3 is 0 Å². The summed E-state index contributed by atoms with van der Waals surface area (Å²) in [6, 6.07) is 6.19. The maximum atomic E-state index is 12.2. The number of ether oxygens (including phenoxy) is 1. The number of nitrogens with one attached hydrogen (secondary N) is 1. The lowest BCUT2D eigenvalue weighted by Gasteiger charge is -2.32. The molecule has 0 aliphatic carbocycles. The minimum atomic E-state index is -0.946. The molecule has 17 heavy (non-hydrogen) atoms. The molecule has 3 unspecified atom stereocenters. The van der Waals surface area contributed by atoms with Gasteiger partial charge in [-0.3, -0.25) is 4.21 Å². The van der Waals surface area contributed by atoms with Gasteiger partial charge in [-0.05, 0) is 24.1 Å². The fourth-order valence-corrected chi connectivity index (χ4v) is 4.11. The highest BCUT2D eigenvalue weighted by Crippen LogP contribution is 2.38. The summed E-state index contributed by atoms with van der Waals surface area (Å²) >= 11 is 0. The first-order valence-electron chi connectivity index (χ1n) is 5.97. The van der Waals surface area contributed by atoms with Gasteiger partial charge in [0.2, 0.25) is 0 Å². The van der Waals surface area contributed by atoms with Gasteiger partial charge in [-0.15, -0.1) is 0 Å². The van der Waals surface area contributed by atoms with Gasteiger partial charge in [0.25, 0.3) is 0 Å². The van der Waals surface area contributed by atoms with Crippen LogP contribution in [0.2, 0.25) is 0 Å². The Labute approximate surface area is 105 Å². The van der Waals surface area contributed by atoms with E-state index in [0.717, 1.165) is 22.8 Å². The topological polar surface area (TPSA) is 38.3 Å². The van der Waals surface area contributed by atoms with Crippen molar-refractivity contribution in [1.82, 2.24) is 5.32 Å². The standard InChI is InChI=1S/C13H19NO2S/c1-4-14-12-9(2)8-17(15)13-10(12)6-5-7-11(13)16-3/h5-7,9,12,14H,4,8H2,1-3H3. The van der Waals surface area contributed by atoms with E-state index in [0.29, 0.717) is 11.7 Å². The molecule has 0 saturated heterocycles. The van der Waals surface area contributed by atoms with Crippen molar-refractivity contribution in [1.29, 1.82) is 0 Å². The summed E-state index contributed by atoms with van der Waals surface area (Å²) in [7, 11) is 0.686. The minimum Gasteiger partial charge on any atom is -0.495 e. The van der Waals surface area contributed by atoms with Crippen LogP contribution in [-0.4, -0.2) is 23.6 Å². The third kappa shape index (κ3) is 2.24. The maximum Gasteiger partial charge on any atom is 0.135 e. The van der Waals surface area contributed by atoms with Gasteiger partial charge in [0.1, 0.15) is 5.75 Å². The fraction of sp³-hybridized carbons (Fsp3) is 0.538. The van der Waals surface area contributed by atoms with Crippen molar-refractivity contribution in [2.45, 2.75) is 24.8 Å². The highest BCUT2D eigenvalue weighted by molar-refractivity contribution is 7.85. The van der Waals surface area contributed by atoms with Crippen molar-refractivity contribution in [3.63, 3.8) is 0 Å². The molecule has 0 bridgehead atoms. The second-order valence-electron chi connectivity index (χ2n) is 4.40. The van der Waals surface area contributed by atoms with Crippen molar-refractivity contribution in [2.24, 2.45) is 5.92 Å². The lowest BCUT2D eigenvalue weighted by Crippen LogP contribution is -2.34. The molecule has 0 fully saturated rings. The number of benzene rings is 1. The molecule has 1 aliphatic rings. The number of hydrogen-bond acceptors (Lipinski definition) is 3. The fourth-order valence-electron chi connectivity index (χ4n) is 2.44. The highest BCUT2D eigenvalue weighted by Gasteiger charge is 2.32. The Morgan fingerprint density at radius 2 is 2.29 bits per heavy atom. The van der Waals surface area contributed by atoms with Gasteiger partial charge in [0.15, 0.2) is 0 Å². The van der Waals surface area contributed by atoms with Crippen LogP contribution < -0.4 is 10.1 Å². The smallest absolute Gasteiger partial charge is 0.135 e. The van der Waals surface area contributed by atoms with Crippen molar-refractivity contribution in [3.05, 3.63) is 23.8 Å². The van der Waals surface area contributed by atoms with Crippen molar-refractivity contribution in [2.75, 3.05) is 19.4 Å². The molecule has 1 aromatic carbocycles. The molecule has 0 spiro atoms. The molecular formula is C13H19NO2S. The molecule has 3 atom stereocenters. The molecule has 0 radical (unpaired) electrons. The van der Waals surface area contributed by atoms with Crippen LogP contribution in [0, 0.1) is 5.92 Å². The van der Waals surface area contributed by atoms with Crippen LogP contribution in [0.25, 0.3) is 0 Å². The van der Waals surface area contributed by atoms with Crippen LogP contribution in [0.15, 0.2) is 23.1 Å². The molecule has 0 saturated carbocycles. The Balaban J connectivity index is 2.51. The largest absolute Gasteiger partial charge is 0.495 e. The number of hydrogen-bond donors (Lipinski definition) is 1. The predicted molar refractivity (Wildman–Crippen MR) is 69.9 cm³/mol. The van der Waals surface area contributed by atoms with Gasteiger partial charge in [0.05, 0.1) is 22.8 Å². The number of fused-ring (bicyclic) bond motifs is 1. The Morgan fingerprint density at radius 3 is 2.94 bits per heavy atom. The van der Waals surface area contributed by atoms with Gasteiger partial charge in [-0.25, -0.2) is 0 Å². The maximum absolute atomic E-state index is 12.2. The lowest BCUT2D eigenvalue weighted by atomic mass is 9.95. The van der Waals surface area contributed by atoms with Crippen LogP contribution in [-0.2, 0) is 10.8 Å². The van der Waals surface area contributed by atoms with Crippen LogP contribution in [0.3, 0.4) is 0 Å². The molecule has 94 valence electrons. The molecule has 1 aliphatic heterocycles. The third-order valence-electron chi connectivity index (χ3n) is 3.20. The molecule has 1 N–H and O–H groups in total. The average Bonchev–Trinajstić information content (AvgIpc) is 2.33. The summed E-state index contributed by atoms with van der Waals surface area (Å²) in [5.41, 5.74) is 1.13. The molecule has 3 nitrogen and oxygen atoms in total. The Bertz CT molecular complexity index is 433. The first-order valence-corrected chi connectivity index (χ1v) is 7.29. The van der Waals surface area contributed by atoms with E-state index in [-0.39, 0.29) is 6.04 Å². The molecule has 2 rings (SSSR count). The van der Waals surface area contributed by atoms with Gasteiger partial charge < -0.3 is 10.1 Å². The zero-order valence-corrected chi connectivity index (χ0v) is 11.3. The summed E-state index contributed by atoms with van der Waals surface area (Å²) in [5, 5.41) is 3.47.